The molecule has 0 aliphatic carbocycles. The van der Waals surface area contributed by atoms with Crippen LogP contribution in [0.3, 0.4) is 0 Å². The van der Waals surface area contributed by atoms with E-state index in [0.717, 1.165) is 94.3 Å². The predicted octanol–water partition coefficient (Wildman–Crippen LogP) is 14.1. The molecule has 0 radical (unpaired) electrons. The molecule has 0 N–H and O–H groups in total. The highest BCUT2D eigenvalue weighted by atomic mass is 16.4. The van der Waals surface area contributed by atoms with Crippen molar-refractivity contribution < 1.29 is 13.3 Å². The van der Waals surface area contributed by atoms with Crippen molar-refractivity contribution in [1.29, 1.82) is 0 Å². The normalized spacial score (nSPS) is 11.7. The summed E-state index contributed by atoms with van der Waals surface area (Å²) >= 11 is 0. The van der Waals surface area contributed by atoms with Crippen molar-refractivity contribution in [3.63, 3.8) is 0 Å². The van der Waals surface area contributed by atoms with Crippen LogP contribution in [0.5, 0.6) is 0 Å². The molecule has 0 spiro atoms. The fourth-order valence-corrected chi connectivity index (χ4v) is 7.80. The minimum Gasteiger partial charge on any atom is -0.456 e. The van der Waals surface area contributed by atoms with E-state index < -0.39 is 0 Å². The van der Waals surface area contributed by atoms with Crippen molar-refractivity contribution in [2.24, 2.45) is 0 Å². The molecule has 0 saturated carbocycles. The van der Waals surface area contributed by atoms with Gasteiger partial charge in [-0.1, -0.05) is 121 Å². The topological polar surface area (TPSA) is 55.6 Å². The number of oxazole rings is 1. The lowest BCUT2D eigenvalue weighted by Gasteiger charge is -2.26. The van der Waals surface area contributed by atoms with Gasteiger partial charge in [0.05, 0.1) is 5.69 Å². The Hall–Kier alpha value is -7.37. The van der Waals surface area contributed by atoms with Crippen LogP contribution < -0.4 is 4.90 Å². The first-order valence-corrected chi connectivity index (χ1v) is 18.0. The lowest BCUT2D eigenvalue weighted by atomic mass is 10.0. The molecule has 0 aliphatic heterocycles. The molecular weight excluding hydrogens is 665 g/mol. The molecule has 54 heavy (non-hydrogen) atoms. The van der Waals surface area contributed by atoms with Crippen molar-refractivity contribution in [2.75, 3.05) is 4.90 Å². The Balaban J connectivity index is 1.03. The molecule has 0 bridgehead atoms. The zero-order valence-corrected chi connectivity index (χ0v) is 28.9. The van der Waals surface area contributed by atoms with Gasteiger partial charge < -0.3 is 18.2 Å². The van der Waals surface area contributed by atoms with E-state index in [9.17, 15) is 0 Å². The average molecular weight is 695 g/mol. The van der Waals surface area contributed by atoms with Gasteiger partial charge in [0.2, 0.25) is 5.89 Å². The number of fused-ring (bicyclic) bond motifs is 7. The average Bonchev–Trinajstić information content (AvgIpc) is 3.96. The molecule has 0 unspecified atom stereocenters. The SMILES string of the molecule is c1ccc(-c2ccc(N(c3ccc(-c4cccc5nc(-c6cccc7oc8ccccc8c67)oc45)cc3)c3cccc4c3oc3ccccc34)cc2)cc1. The lowest BCUT2D eigenvalue weighted by Crippen LogP contribution is -2.10. The summed E-state index contributed by atoms with van der Waals surface area (Å²) < 4.78 is 19.4. The summed E-state index contributed by atoms with van der Waals surface area (Å²) in [4.78, 5) is 7.25. The Labute approximate surface area is 309 Å². The third-order valence-corrected chi connectivity index (χ3v) is 10.3. The van der Waals surface area contributed by atoms with Gasteiger partial charge in [0, 0.05) is 44.0 Å². The number of hydrogen-bond acceptors (Lipinski definition) is 5. The molecule has 0 saturated heterocycles. The van der Waals surface area contributed by atoms with Crippen LogP contribution in [0.4, 0.5) is 17.1 Å². The molecule has 254 valence electrons. The minimum absolute atomic E-state index is 0.565. The first-order valence-electron chi connectivity index (χ1n) is 18.0. The molecule has 11 aromatic rings. The van der Waals surface area contributed by atoms with Crippen LogP contribution in [0.15, 0.2) is 195 Å². The molecule has 5 heteroatoms. The Morgan fingerprint density at radius 1 is 0.370 bits per heavy atom. The summed E-state index contributed by atoms with van der Waals surface area (Å²) in [6.07, 6.45) is 0. The maximum absolute atomic E-state index is 6.63. The van der Waals surface area contributed by atoms with Gasteiger partial charge in [0.15, 0.2) is 11.2 Å². The molecule has 5 nitrogen and oxygen atoms in total. The number of hydrogen-bond donors (Lipinski definition) is 0. The van der Waals surface area contributed by atoms with Gasteiger partial charge in [-0.05, 0) is 77.4 Å². The van der Waals surface area contributed by atoms with Gasteiger partial charge in [0.1, 0.15) is 22.3 Å². The smallest absolute Gasteiger partial charge is 0.228 e. The standard InChI is InChI=1S/C49H30N2O3/c1-2-11-31(12-3-1)32-23-27-34(28-24-32)51(42-19-9-16-38-37-13-4-6-20-43(37)53-48(38)42)35-29-25-33(26-30-35)36-15-8-18-41-47(36)54-49(50-41)40-17-10-22-45-46(40)39-14-5-7-21-44(39)52-45/h1-30H. The number of benzene rings is 8. The molecule has 0 aliphatic rings. The van der Waals surface area contributed by atoms with Crippen LogP contribution >= 0.6 is 0 Å². The molecule has 11 rings (SSSR count). The number of para-hydroxylation sites is 4. The van der Waals surface area contributed by atoms with Gasteiger partial charge in [-0.2, -0.15) is 0 Å². The van der Waals surface area contributed by atoms with Gasteiger partial charge in [-0.15, -0.1) is 0 Å². The molecule has 0 amide bonds. The second-order valence-electron chi connectivity index (χ2n) is 13.5. The molecule has 3 aromatic heterocycles. The number of aromatic nitrogens is 1. The highest BCUT2D eigenvalue weighted by Gasteiger charge is 2.21. The van der Waals surface area contributed by atoms with Crippen molar-refractivity contribution in [2.45, 2.75) is 0 Å². The van der Waals surface area contributed by atoms with Crippen LogP contribution in [0.25, 0.3) is 88.7 Å². The lowest BCUT2D eigenvalue weighted by molar-refractivity contribution is 0.621. The Bertz CT molecular complexity index is 3150. The van der Waals surface area contributed by atoms with Gasteiger partial charge in [-0.3, -0.25) is 0 Å². The van der Waals surface area contributed by atoms with E-state index in [-0.39, 0.29) is 0 Å². The monoisotopic (exact) mass is 694 g/mol. The summed E-state index contributed by atoms with van der Waals surface area (Å²) in [6.45, 7) is 0. The summed E-state index contributed by atoms with van der Waals surface area (Å²) in [7, 11) is 0. The van der Waals surface area contributed by atoms with Crippen molar-refractivity contribution in [3.8, 4) is 33.7 Å². The first-order chi connectivity index (χ1) is 26.8. The Morgan fingerprint density at radius 3 is 1.76 bits per heavy atom. The minimum atomic E-state index is 0.565. The summed E-state index contributed by atoms with van der Waals surface area (Å²) in [5.41, 5.74) is 13.1. The zero-order chi connectivity index (χ0) is 35.6. The molecular formula is C49H30N2O3. The molecule has 8 aromatic carbocycles. The van der Waals surface area contributed by atoms with Crippen LogP contribution in [0, 0.1) is 0 Å². The number of rotatable bonds is 6. The van der Waals surface area contributed by atoms with Crippen LogP contribution in [0.1, 0.15) is 0 Å². The van der Waals surface area contributed by atoms with Crippen molar-refractivity contribution in [3.05, 3.63) is 182 Å². The van der Waals surface area contributed by atoms with E-state index in [2.05, 4.69) is 120 Å². The van der Waals surface area contributed by atoms with E-state index >= 15 is 0 Å². The molecule has 0 fully saturated rings. The largest absolute Gasteiger partial charge is 0.456 e. The van der Waals surface area contributed by atoms with E-state index in [0.29, 0.717) is 5.89 Å². The Morgan fingerprint density at radius 2 is 0.963 bits per heavy atom. The van der Waals surface area contributed by atoms with Crippen LogP contribution in [-0.4, -0.2) is 4.98 Å². The maximum Gasteiger partial charge on any atom is 0.228 e. The summed E-state index contributed by atoms with van der Waals surface area (Å²) in [5.74, 6) is 0.565. The predicted molar refractivity (Wildman–Crippen MR) is 220 cm³/mol. The van der Waals surface area contributed by atoms with Gasteiger partial charge >= 0.3 is 0 Å². The fraction of sp³-hybridized carbons (Fsp3) is 0. The van der Waals surface area contributed by atoms with E-state index in [1.807, 2.05) is 66.7 Å². The van der Waals surface area contributed by atoms with Crippen molar-refractivity contribution >= 4 is 72.0 Å². The maximum atomic E-state index is 6.63. The number of nitrogens with zero attached hydrogens (tertiary/aromatic N) is 2. The molecule has 3 heterocycles. The van der Waals surface area contributed by atoms with Crippen molar-refractivity contribution in [1.82, 2.24) is 4.98 Å². The van der Waals surface area contributed by atoms with Crippen LogP contribution in [0.2, 0.25) is 0 Å². The quantitative estimate of drug-likeness (QED) is 0.173. The van der Waals surface area contributed by atoms with E-state index in [4.69, 9.17) is 18.2 Å². The highest BCUT2D eigenvalue weighted by Crippen LogP contribution is 2.44. The Kier molecular flexibility index (Phi) is 6.79. The molecule has 0 atom stereocenters. The van der Waals surface area contributed by atoms with Gasteiger partial charge in [-0.25, -0.2) is 4.98 Å². The number of furan rings is 2. The summed E-state index contributed by atoms with van der Waals surface area (Å²) in [5, 5.41) is 4.22. The second-order valence-corrected chi connectivity index (χ2v) is 13.5. The highest BCUT2D eigenvalue weighted by molar-refractivity contribution is 6.12. The second kappa shape index (κ2) is 12.1. The summed E-state index contributed by atoms with van der Waals surface area (Å²) in [6, 6.07) is 62.6. The third kappa shape index (κ3) is 4.83. The number of anilines is 3. The van der Waals surface area contributed by atoms with E-state index in [1.54, 1.807) is 0 Å². The first kappa shape index (κ1) is 30.3. The van der Waals surface area contributed by atoms with Crippen LogP contribution in [-0.2, 0) is 0 Å². The third-order valence-electron chi connectivity index (χ3n) is 10.3. The van der Waals surface area contributed by atoms with E-state index in [1.165, 1.54) is 5.56 Å². The fourth-order valence-electron chi connectivity index (χ4n) is 7.80. The zero-order valence-electron chi connectivity index (χ0n) is 28.9. The van der Waals surface area contributed by atoms with Gasteiger partial charge in [0.25, 0.3) is 0 Å².